The Morgan fingerprint density at radius 2 is 2.14 bits per heavy atom. The molecule has 0 saturated carbocycles. The maximum Gasteiger partial charge on any atom is 0.121 e. The molecule has 3 nitrogen and oxygen atoms in total. The topological polar surface area (TPSA) is 44.5 Å². The molecule has 1 aromatic rings. The Kier molecular flexibility index (Phi) is 4.86. The smallest absolute Gasteiger partial charge is 0.121 e. The van der Waals surface area contributed by atoms with Crippen LogP contribution in [0.5, 0.6) is 5.75 Å². The Morgan fingerprint density at radius 3 is 2.86 bits per heavy atom. The number of benzene rings is 1. The van der Waals surface area contributed by atoms with Gasteiger partial charge in [-0.1, -0.05) is 6.07 Å². The van der Waals surface area contributed by atoms with Crippen LogP contribution in [0.3, 0.4) is 0 Å². The molecule has 0 fully saturated rings. The van der Waals surface area contributed by atoms with E-state index in [0.717, 1.165) is 31.1 Å². The molecule has 0 aromatic heterocycles. The van der Waals surface area contributed by atoms with Crippen molar-refractivity contribution in [2.24, 2.45) is 0 Å². The average molecular weight is 195 g/mol. The zero-order valence-electron chi connectivity index (χ0n) is 8.53. The van der Waals surface area contributed by atoms with Crippen molar-refractivity contribution in [3.05, 3.63) is 24.3 Å². The third-order valence-corrected chi connectivity index (χ3v) is 1.76. The van der Waals surface area contributed by atoms with Crippen LogP contribution in [0.15, 0.2) is 24.3 Å². The SMILES string of the molecule is CCOCCCOc1cccc(N)c1. The zero-order valence-corrected chi connectivity index (χ0v) is 8.53. The molecule has 0 spiro atoms. The fourth-order valence-corrected chi connectivity index (χ4v) is 1.10. The molecule has 1 rings (SSSR count). The van der Waals surface area contributed by atoms with Crippen molar-refractivity contribution >= 4 is 5.69 Å². The van der Waals surface area contributed by atoms with Gasteiger partial charge in [0.15, 0.2) is 0 Å². The standard InChI is InChI=1S/C11H17NO2/c1-2-13-7-4-8-14-11-6-3-5-10(12)9-11/h3,5-6,9H,2,4,7-8,12H2,1H3. The molecule has 0 aliphatic carbocycles. The van der Waals surface area contributed by atoms with Gasteiger partial charge in [-0.15, -0.1) is 0 Å². The highest BCUT2D eigenvalue weighted by Crippen LogP contribution is 2.14. The van der Waals surface area contributed by atoms with Gasteiger partial charge in [-0.25, -0.2) is 0 Å². The third-order valence-electron chi connectivity index (χ3n) is 1.76. The maximum atomic E-state index is 5.61. The highest BCUT2D eigenvalue weighted by atomic mass is 16.5. The van der Waals surface area contributed by atoms with Gasteiger partial charge in [0.25, 0.3) is 0 Å². The number of nitrogen functional groups attached to an aromatic ring is 1. The Hall–Kier alpha value is -1.22. The fraction of sp³-hybridized carbons (Fsp3) is 0.455. The Labute approximate surface area is 84.8 Å². The van der Waals surface area contributed by atoms with Gasteiger partial charge in [-0.2, -0.15) is 0 Å². The van der Waals surface area contributed by atoms with Gasteiger partial charge in [0.2, 0.25) is 0 Å². The van der Waals surface area contributed by atoms with Crippen molar-refractivity contribution in [1.82, 2.24) is 0 Å². The van der Waals surface area contributed by atoms with E-state index in [1.165, 1.54) is 0 Å². The van der Waals surface area contributed by atoms with E-state index in [4.69, 9.17) is 15.2 Å². The molecule has 0 bridgehead atoms. The summed E-state index contributed by atoms with van der Waals surface area (Å²) in [4.78, 5) is 0. The molecule has 0 heterocycles. The summed E-state index contributed by atoms with van der Waals surface area (Å²) in [6.07, 6.45) is 0.905. The summed E-state index contributed by atoms with van der Waals surface area (Å²) in [5.74, 6) is 0.821. The lowest BCUT2D eigenvalue weighted by Crippen LogP contribution is -2.02. The zero-order chi connectivity index (χ0) is 10.2. The fourth-order valence-electron chi connectivity index (χ4n) is 1.10. The first-order valence-electron chi connectivity index (χ1n) is 4.89. The Balaban J connectivity index is 2.18. The highest BCUT2D eigenvalue weighted by Gasteiger charge is 1.93. The quantitative estimate of drug-likeness (QED) is 0.558. The lowest BCUT2D eigenvalue weighted by Gasteiger charge is -2.06. The van der Waals surface area contributed by atoms with E-state index >= 15 is 0 Å². The van der Waals surface area contributed by atoms with E-state index in [2.05, 4.69) is 0 Å². The lowest BCUT2D eigenvalue weighted by molar-refractivity contribution is 0.131. The molecule has 0 aliphatic heterocycles. The van der Waals surface area contributed by atoms with Crippen LogP contribution in [-0.2, 0) is 4.74 Å². The Bertz CT molecular complexity index is 263. The third kappa shape index (κ3) is 4.14. The van der Waals surface area contributed by atoms with Crippen molar-refractivity contribution in [2.75, 3.05) is 25.6 Å². The second-order valence-electron chi connectivity index (χ2n) is 2.97. The molecule has 2 N–H and O–H groups in total. The average Bonchev–Trinajstić information content (AvgIpc) is 2.18. The molecule has 0 atom stereocenters. The van der Waals surface area contributed by atoms with E-state index in [0.29, 0.717) is 6.61 Å². The van der Waals surface area contributed by atoms with Crippen LogP contribution in [0.2, 0.25) is 0 Å². The number of hydrogen-bond acceptors (Lipinski definition) is 3. The minimum Gasteiger partial charge on any atom is -0.493 e. The minimum absolute atomic E-state index is 0.670. The predicted octanol–water partition coefficient (Wildman–Crippen LogP) is 2.07. The van der Waals surface area contributed by atoms with Crippen LogP contribution < -0.4 is 10.5 Å². The number of rotatable bonds is 6. The van der Waals surface area contributed by atoms with Crippen molar-refractivity contribution < 1.29 is 9.47 Å². The lowest BCUT2D eigenvalue weighted by atomic mass is 10.3. The van der Waals surface area contributed by atoms with Gasteiger partial charge in [0.1, 0.15) is 5.75 Å². The normalized spacial score (nSPS) is 10.1. The van der Waals surface area contributed by atoms with Crippen LogP contribution in [0.1, 0.15) is 13.3 Å². The van der Waals surface area contributed by atoms with E-state index in [1.54, 1.807) is 0 Å². The molecule has 14 heavy (non-hydrogen) atoms. The van der Waals surface area contributed by atoms with Crippen molar-refractivity contribution in [3.63, 3.8) is 0 Å². The maximum absolute atomic E-state index is 5.61. The summed E-state index contributed by atoms with van der Waals surface area (Å²) in [5.41, 5.74) is 6.33. The van der Waals surface area contributed by atoms with E-state index in [-0.39, 0.29) is 0 Å². The number of anilines is 1. The molecule has 0 saturated heterocycles. The molecule has 0 aliphatic rings. The van der Waals surface area contributed by atoms with Gasteiger partial charge in [-0.05, 0) is 19.1 Å². The second kappa shape index (κ2) is 6.27. The number of hydrogen-bond donors (Lipinski definition) is 1. The first-order chi connectivity index (χ1) is 6.83. The molecule has 1 aromatic carbocycles. The second-order valence-corrected chi connectivity index (χ2v) is 2.97. The molecule has 0 radical (unpaired) electrons. The summed E-state index contributed by atoms with van der Waals surface area (Å²) < 4.78 is 10.7. The largest absolute Gasteiger partial charge is 0.493 e. The minimum atomic E-state index is 0.670. The van der Waals surface area contributed by atoms with Crippen molar-refractivity contribution in [1.29, 1.82) is 0 Å². The molecule has 0 unspecified atom stereocenters. The summed E-state index contributed by atoms with van der Waals surface area (Å²) in [6.45, 7) is 4.17. The number of ether oxygens (including phenoxy) is 2. The summed E-state index contributed by atoms with van der Waals surface area (Å²) in [7, 11) is 0. The number of nitrogens with two attached hydrogens (primary N) is 1. The van der Waals surface area contributed by atoms with Gasteiger partial charge in [-0.3, -0.25) is 0 Å². The summed E-state index contributed by atoms with van der Waals surface area (Å²) >= 11 is 0. The van der Waals surface area contributed by atoms with Crippen molar-refractivity contribution in [2.45, 2.75) is 13.3 Å². The molecule has 3 heteroatoms. The van der Waals surface area contributed by atoms with E-state index in [9.17, 15) is 0 Å². The Morgan fingerprint density at radius 1 is 1.29 bits per heavy atom. The first kappa shape index (κ1) is 10.9. The molecule has 0 amide bonds. The van der Waals surface area contributed by atoms with E-state index in [1.807, 2.05) is 31.2 Å². The van der Waals surface area contributed by atoms with Gasteiger partial charge in [0.05, 0.1) is 6.61 Å². The molecular formula is C11H17NO2. The van der Waals surface area contributed by atoms with Gasteiger partial charge in [0, 0.05) is 31.4 Å². The van der Waals surface area contributed by atoms with Crippen LogP contribution in [0, 0.1) is 0 Å². The van der Waals surface area contributed by atoms with Crippen LogP contribution >= 0.6 is 0 Å². The van der Waals surface area contributed by atoms with Crippen LogP contribution in [0.25, 0.3) is 0 Å². The highest BCUT2D eigenvalue weighted by molar-refractivity contribution is 5.43. The van der Waals surface area contributed by atoms with Crippen LogP contribution in [0.4, 0.5) is 5.69 Å². The molecular weight excluding hydrogens is 178 g/mol. The summed E-state index contributed by atoms with van der Waals surface area (Å²) in [6, 6.07) is 7.44. The molecule has 78 valence electrons. The predicted molar refractivity (Wildman–Crippen MR) is 57.5 cm³/mol. The van der Waals surface area contributed by atoms with Gasteiger partial charge >= 0.3 is 0 Å². The monoisotopic (exact) mass is 195 g/mol. The first-order valence-corrected chi connectivity index (χ1v) is 4.89. The summed E-state index contributed by atoms with van der Waals surface area (Å²) in [5, 5.41) is 0. The van der Waals surface area contributed by atoms with E-state index < -0.39 is 0 Å². The van der Waals surface area contributed by atoms with Gasteiger partial charge < -0.3 is 15.2 Å². The van der Waals surface area contributed by atoms with Crippen LogP contribution in [-0.4, -0.2) is 19.8 Å². The van der Waals surface area contributed by atoms with Crippen molar-refractivity contribution in [3.8, 4) is 5.75 Å².